The Labute approximate surface area is 90.7 Å². The van der Waals surface area contributed by atoms with Gasteiger partial charge in [0.2, 0.25) is 0 Å². The molecule has 1 saturated carbocycles. The lowest BCUT2D eigenvalue weighted by molar-refractivity contribution is -0.145. The average molecular weight is 206 g/mol. The quantitative estimate of drug-likeness (QED) is 0.449. The summed E-state index contributed by atoms with van der Waals surface area (Å²) in [5.74, 6) is 2.34. The number of allylic oxidation sites excluding steroid dienone is 2. The molecule has 2 aliphatic carbocycles. The third-order valence-electron chi connectivity index (χ3n) is 4.42. The number of rotatable bonds is 0. The van der Waals surface area contributed by atoms with E-state index in [9.17, 15) is 4.79 Å². The van der Waals surface area contributed by atoms with E-state index < -0.39 is 0 Å². The smallest absolute Gasteiger partial charge is 0.310 e. The van der Waals surface area contributed by atoms with Crippen molar-refractivity contribution in [3.05, 3.63) is 12.2 Å². The van der Waals surface area contributed by atoms with E-state index in [0.29, 0.717) is 23.7 Å². The van der Waals surface area contributed by atoms with Crippen molar-refractivity contribution in [2.24, 2.45) is 29.6 Å². The fourth-order valence-electron chi connectivity index (χ4n) is 3.77. The molecule has 2 fully saturated rings. The van der Waals surface area contributed by atoms with Crippen molar-refractivity contribution >= 4 is 5.97 Å². The molecular formula is C13H18O2. The molecule has 0 N–H and O–H groups in total. The van der Waals surface area contributed by atoms with Gasteiger partial charge >= 0.3 is 5.97 Å². The zero-order chi connectivity index (χ0) is 10.6. The van der Waals surface area contributed by atoms with Crippen LogP contribution in [0.3, 0.4) is 0 Å². The van der Waals surface area contributed by atoms with E-state index in [4.69, 9.17) is 4.74 Å². The number of hydrogen-bond donors (Lipinski definition) is 0. The first-order valence-corrected chi connectivity index (χ1v) is 6.05. The van der Waals surface area contributed by atoms with Gasteiger partial charge in [-0.2, -0.15) is 0 Å². The van der Waals surface area contributed by atoms with Gasteiger partial charge in [0.1, 0.15) is 6.10 Å². The van der Waals surface area contributed by atoms with Crippen LogP contribution >= 0.6 is 0 Å². The van der Waals surface area contributed by atoms with Gasteiger partial charge in [-0.1, -0.05) is 26.0 Å². The Morgan fingerprint density at radius 2 is 2.07 bits per heavy atom. The van der Waals surface area contributed by atoms with E-state index in [1.165, 1.54) is 6.42 Å². The second-order valence-corrected chi connectivity index (χ2v) is 5.56. The Morgan fingerprint density at radius 1 is 1.27 bits per heavy atom. The summed E-state index contributed by atoms with van der Waals surface area (Å²) in [6.45, 7) is 4.41. The fourth-order valence-corrected chi connectivity index (χ4v) is 3.77. The molecule has 2 heteroatoms. The summed E-state index contributed by atoms with van der Waals surface area (Å²) in [7, 11) is 0. The van der Waals surface area contributed by atoms with Gasteiger partial charge in [0.15, 0.2) is 0 Å². The molecule has 0 unspecified atom stereocenters. The Balaban J connectivity index is 1.97. The molecule has 1 aliphatic heterocycles. The second kappa shape index (κ2) is 3.10. The van der Waals surface area contributed by atoms with E-state index in [-0.39, 0.29) is 18.0 Å². The van der Waals surface area contributed by atoms with Crippen molar-refractivity contribution in [1.29, 1.82) is 0 Å². The largest absolute Gasteiger partial charge is 0.462 e. The van der Waals surface area contributed by atoms with Gasteiger partial charge in [0.05, 0.1) is 5.92 Å². The van der Waals surface area contributed by atoms with Gasteiger partial charge in [0.25, 0.3) is 0 Å². The predicted molar refractivity (Wildman–Crippen MR) is 57.1 cm³/mol. The molecule has 0 aromatic heterocycles. The molecule has 15 heavy (non-hydrogen) atoms. The molecule has 3 aliphatic rings. The fraction of sp³-hybridized carbons (Fsp3) is 0.769. The van der Waals surface area contributed by atoms with E-state index in [1.807, 2.05) is 0 Å². The molecule has 0 spiro atoms. The van der Waals surface area contributed by atoms with Gasteiger partial charge < -0.3 is 4.74 Å². The lowest BCUT2D eigenvalue weighted by atomic mass is 9.63. The van der Waals surface area contributed by atoms with E-state index in [0.717, 1.165) is 6.42 Å². The maximum atomic E-state index is 11.8. The standard InChI is InChI=1S/C13H18O2/c1-7-5-9-4-3-8(2)11-12(9)10(6-7)15-13(11)14/h3-4,7-12H,5-6H2,1-2H3/t7-,8-,9-,10-,11+,12+/m0/s1. The van der Waals surface area contributed by atoms with Crippen LogP contribution in [0, 0.1) is 29.6 Å². The number of hydrogen-bond acceptors (Lipinski definition) is 2. The van der Waals surface area contributed by atoms with Crippen molar-refractivity contribution in [1.82, 2.24) is 0 Å². The monoisotopic (exact) mass is 206 g/mol. The van der Waals surface area contributed by atoms with Crippen LogP contribution in [0.5, 0.6) is 0 Å². The zero-order valence-electron chi connectivity index (χ0n) is 9.35. The zero-order valence-corrected chi connectivity index (χ0v) is 9.35. The molecule has 6 atom stereocenters. The Kier molecular flexibility index (Phi) is 1.95. The van der Waals surface area contributed by atoms with Gasteiger partial charge in [0, 0.05) is 5.92 Å². The number of carbonyl (C=O) groups excluding carboxylic acids is 1. The highest BCUT2D eigenvalue weighted by Crippen LogP contribution is 2.50. The molecular weight excluding hydrogens is 188 g/mol. The van der Waals surface area contributed by atoms with Crippen LogP contribution in [-0.2, 0) is 9.53 Å². The SMILES string of the molecule is C[C@@H]1C[C@@H]2OC(=O)[C@H]3[C@@H]2[C@@H](C=C[C@@H]3C)C1. The maximum absolute atomic E-state index is 11.8. The van der Waals surface area contributed by atoms with Gasteiger partial charge in [-0.15, -0.1) is 0 Å². The molecule has 0 radical (unpaired) electrons. The molecule has 1 saturated heterocycles. The Bertz CT molecular complexity index is 320. The molecule has 0 aromatic rings. The Morgan fingerprint density at radius 3 is 2.87 bits per heavy atom. The van der Waals surface area contributed by atoms with Crippen LogP contribution in [0.2, 0.25) is 0 Å². The molecule has 1 heterocycles. The van der Waals surface area contributed by atoms with E-state index in [2.05, 4.69) is 26.0 Å². The molecule has 0 bridgehead atoms. The Hall–Kier alpha value is -0.790. The van der Waals surface area contributed by atoms with Crippen molar-refractivity contribution in [2.45, 2.75) is 32.8 Å². The molecule has 0 aromatic carbocycles. The molecule has 0 amide bonds. The van der Waals surface area contributed by atoms with Crippen LogP contribution in [0.25, 0.3) is 0 Å². The van der Waals surface area contributed by atoms with Gasteiger partial charge in [-0.05, 0) is 30.6 Å². The number of carbonyl (C=O) groups is 1. The number of esters is 1. The summed E-state index contributed by atoms with van der Waals surface area (Å²) in [5.41, 5.74) is 0. The molecule has 2 nitrogen and oxygen atoms in total. The second-order valence-electron chi connectivity index (χ2n) is 5.56. The van der Waals surface area contributed by atoms with E-state index in [1.54, 1.807) is 0 Å². The topological polar surface area (TPSA) is 26.3 Å². The third kappa shape index (κ3) is 1.27. The summed E-state index contributed by atoms with van der Waals surface area (Å²) < 4.78 is 5.54. The van der Waals surface area contributed by atoms with Crippen molar-refractivity contribution in [3.63, 3.8) is 0 Å². The lowest BCUT2D eigenvalue weighted by Crippen LogP contribution is -2.39. The van der Waals surface area contributed by atoms with Crippen molar-refractivity contribution < 1.29 is 9.53 Å². The first-order valence-electron chi connectivity index (χ1n) is 6.05. The minimum atomic E-state index is 0.0564. The van der Waals surface area contributed by atoms with E-state index >= 15 is 0 Å². The van der Waals surface area contributed by atoms with Crippen molar-refractivity contribution in [3.8, 4) is 0 Å². The maximum Gasteiger partial charge on any atom is 0.310 e. The van der Waals surface area contributed by atoms with Gasteiger partial charge in [-0.3, -0.25) is 4.79 Å². The highest BCUT2D eigenvalue weighted by Gasteiger charge is 2.53. The van der Waals surface area contributed by atoms with Crippen LogP contribution in [-0.4, -0.2) is 12.1 Å². The molecule has 3 rings (SSSR count). The summed E-state index contributed by atoms with van der Waals surface area (Å²) >= 11 is 0. The minimum Gasteiger partial charge on any atom is -0.462 e. The highest BCUT2D eigenvalue weighted by atomic mass is 16.6. The summed E-state index contributed by atoms with van der Waals surface area (Å²) in [6, 6.07) is 0. The molecule has 82 valence electrons. The average Bonchev–Trinajstić information content (AvgIpc) is 2.49. The first kappa shape index (κ1) is 9.44. The lowest BCUT2D eigenvalue weighted by Gasteiger charge is -2.39. The summed E-state index contributed by atoms with van der Waals surface area (Å²) in [4.78, 5) is 11.8. The summed E-state index contributed by atoms with van der Waals surface area (Å²) in [6.07, 6.45) is 7.06. The van der Waals surface area contributed by atoms with Gasteiger partial charge in [-0.25, -0.2) is 0 Å². The van der Waals surface area contributed by atoms with Crippen molar-refractivity contribution in [2.75, 3.05) is 0 Å². The first-order chi connectivity index (χ1) is 7.16. The minimum absolute atomic E-state index is 0.0564. The number of ether oxygens (including phenoxy) is 1. The highest BCUT2D eigenvalue weighted by molar-refractivity contribution is 5.76. The van der Waals surface area contributed by atoms with Crippen LogP contribution in [0.4, 0.5) is 0 Å². The van der Waals surface area contributed by atoms with Crippen LogP contribution in [0.15, 0.2) is 12.2 Å². The summed E-state index contributed by atoms with van der Waals surface area (Å²) in [5, 5.41) is 0. The third-order valence-corrected chi connectivity index (χ3v) is 4.42. The predicted octanol–water partition coefficient (Wildman–Crippen LogP) is 2.40. The normalized spacial score (nSPS) is 52.5. The van der Waals surface area contributed by atoms with Crippen LogP contribution < -0.4 is 0 Å². The van der Waals surface area contributed by atoms with Crippen LogP contribution in [0.1, 0.15) is 26.7 Å².